The fraction of sp³-hybridized carbons (Fsp3) is 0.200. The van der Waals surface area contributed by atoms with Crippen molar-refractivity contribution in [2.75, 3.05) is 12.8 Å². The second-order valence-electron chi connectivity index (χ2n) is 4.36. The molecule has 5 nitrogen and oxygen atoms in total. The van der Waals surface area contributed by atoms with Gasteiger partial charge >= 0.3 is 5.97 Å². The average Bonchev–Trinajstić information content (AvgIpc) is 2.82. The van der Waals surface area contributed by atoms with Gasteiger partial charge in [0.05, 0.1) is 12.8 Å². The molecule has 0 spiro atoms. The van der Waals surface area contributed by atoms with Crippen LogP contribution in [0.2, 0.25) is 0 Å². The molecule has 110 valence electrons. The number of esters is 1. The van der Waals surface area contributed by atoms with E-state index in [1.807, 2.05) is 6.92 Å². The molecular weight excluding hydrogens is 273 g/mol. The molecule has 0 saturated carbocycles. The molecule has 0 radical (unpaired) electrons. The van der Waals surface area contributed by atoms with Crippen LogP contribution in [-0.2, 0) is 11.2 Å². The fourth-order valence-electron chi connectivity index (χ4n) is 1.91. The molecule has 1 aromatic heterocycles. The predicted octanol–water partition coefficient (Wildman–Crippen LogP) is 2.58. The number of nitrogens with two attached hydrogens (primary N) is 1. The highest BCUT2D eigenvalue weighted by Crippen LogP contribution is 2.19. The van der Waals surface area contributed by atoms with Crippen molar-refractivity contribution in [1.82, 2.24) is 9.78 Å². The molecule has 2 rings (SSSR count). The van der Waals surface area contributed by atoms with Crippen molar-refractivity contribution in [3.8, 4) is 0 Å². The first-order chi connectivity index (χ1) is 10.1. The van der Waals surface area contributed by atoms with E-state index in [0.29, 0.717) is 12.1 Å². The number of hydrogen-bond donors (Lipinski definition) is 1. The lowest BCUT2D eigenvalue weighted by Gasteiger charge is -2.00. The van der Waals surface area contributed by atoms with Crippen LogP contribution < -0.4 is 5.73 Å². The van der Waals surface area contributed by atoms with Gasteiger partial charge in [-0.3, -0.25) is 0 Å². The van der Waals surface area contributed by atoms with E-state index in [0.717, 1.165) is 5.56 Å². The lowest BCUT2D eigenvalue weighted by atomic mass is 10.2. The summed E-state index contributed by atoms with van der Waals surface area (Å²) < 4.78 is 19.0. The van der Waals surface area contributed by atoms with Gasteiger partial charge in [-0.15, -0.1) is 0 Å². The van der Waals surface area contributed by atoms with Crippen molar-refractivity contribution in [1.29, 1.82) is 0 Å². The van der Waals surface area contributed by atoms with Crippen molar-refractivity contribution in [3.63, 3.8) is 0 Å². The smallest absolute Gasteiger partial charge is 0.343 e. The molecule has 0 aliphatic rings. The van der Waals surface area contributed by atoms with Crippen molar-refractivity contribution in [2.24, 2.45) is 0 Å². The normalized spacial score (nSPS) is 11.0. The summed E-state index contributed by atoms with van der Waals surface area (Å²) >= 11 is 0. The Balaban J connectivity index is 2.34. The van der Waals surface area contributed by atoms with Crippen LogP contribution in [0.5, 0.6) is 0 Å². The van der Waals surface area contributed by atoms with Crippen molar-refractivity contribution in [2.45, 2.75) is 13.3 Å². The van der Waals surface area contributed by atoms with Crippen LogP contribution in [0, 0.1) is 5.82 Å². The minimum atomic E-state index is -0.509. The summed E-state index contributed by atoms with van der Waals surface area (Å²) in [5.41, 5.74) is 7.58. The van der Waals surface area contributed by atoms with Gasteiger partial charge in [-0.1, -0.05) is 19.1 Å². The molecule has 2 aromatic rings. The summed E-state index contributed by atoms with van der Waals surface area (Å²) in [5.74, 6) is -0.588. The Morgan fingerprint density at radius 2 is 2.10 bits per heavy atom. The molecule has 0 unspecified atom stereocenters. The highest BCUT2D eigenvalue weighted by atomic mass is 19.1. The van der Waals surface area contributed by atoms with E-state index in [2.05, 4.69) is 5.10 Å². The van der Waals surface area contributed by atoms with Gasteiger partial charge in [0.25, 0.3) is 0 Å². The molecule has 0 bridgehead atoms. The molecule has 0 saturated heterocycles. The zero-order chi connectivity index (χ0) is 15.4. The summed E-state index contributed by atoms with van der Waals surface area (Å²) in [7, 11) is 1.30. The van der Waals surface area contributed by atoms with Crippen LogP contribution in [0.1, 0.15) is 28.5 Å². The van der Waals surface area contributed by atoms with Crippen LogP contribution in [0.15, 0.2) is 24.3 Å². The molecule has 0 amide bonds. The van der Waals surface area contributed by atoms with E-state index < -0.39 is 5.97 Å². The molecular formula is C15H16FN3O2. The first-order valence-electron chi connectivity index (χ1n) is 6.45. The number of aryl methyl sites for hydroxylation is 1. The Morgan fingerprint density at radius 3 is 2.67 bits per heavy atom. The lowest BCUT2D eigenvalue weighted by molar-refractivity contribution is 0.0601. The third kappa shape index (κ3) is 3.10. The van der Waals surface area contributed by atoms with Gasteiger partial charge in [-0.25, -0.2) is 13.9 Å². The molecule has 6 heteroatoms. The third-order valence-corrected chi connectivity index (χ3v) is 3.02. The van der Waals surface area contributed by atoms with E-state index in [1.165, 1.54) is 23.9 Å². The van der Waals surface area contributed by atoms with Gasteiger partial charge in [0.1, 0.15) is 17.2 Å². The van der Waals surface area contributed by atoms with E-state index in [1.54, 1.807) is 24.4 Å². The Hall–Kier alpha value is -2.63. The second-order valence-corrected chi connectivity index (χ2v) is 4.36. The van der Waals surface area contributed by atoms with Crippen LogP contribution in [0.3, 0.4) is 0 Å². The zero-order valence-corrected chi connectivity index (χ0v) is 11.8. The summed E-state index contributed by atoms with van der Waals surface area (Å²) in [6, 6.07) is 5.99. The number of nitrogens with zero attached hydrogens (tertiary/aromatic N) is 2. The van der Waals surface area contributed by atoms with E-state index >= 15 is 0 Å². The summed E-state index contributed by atoms with van der Waals surface area (Å²) in [6.45, 7) is 1.88. The molecule has 0 atom stereocenters. The Kier molecular flexibility index (Phi) is 4.37. The number of hydrogen-bond acceptors (Lipinski definition) is 4. The zero-order valence-electron chi connectivity index (χ0n) is 11.8. The number of halogens is 1. The van der Waals surface area contributed by atoms with Crippen molar-refractivity contribution >= 4 is 24.1 Å². The summed E-state index contributed by atoms with van der Waals surface area (Å²) in [6.07, 6.45) is 3.91. The maximum atomic E-state index is 12.8. The fourth-order valence-corrected chi connectivity index (χ4v) is 1.91. The Morgan fingerprint density at radius 1 is 1.43 bits per heavy atom. The Bertz CT molecular complexity index is 675. The van der Waals surface area contributed by atoms with Gasteiger partial charge in [0, 0.05) is 6.20 Å². The summed E-state index contributed by atoms with van der Waals surface area (Å²) in [4.78, 5) is 11.7. The first kappa shape index (κ1) is 14.8. The van der Waals surface area contributed by atoms with Gasteiger partial charge in [0.2, 0.25) is 0 Å². The first-order valence-corrected chi connectivity index (χ1v) is 6.45. The van der Waals surface area contributed by atoms with E-state index in [4.69, 9.17) is 10.5 Å². The van der Waals surface area contributed by atoms with E-state index in [-0.39, 0.29) is 17.2 Å². The molecule has 1 aromatic carbocycles. The van der Waals surface area contributed by atoms with Crippen LogP contribution in [0.4, 0.5) is 10.2 Å². The maximum absolute atomic E-state index is 12.8. The lowest BCUT2D eigenvalue weighted by Crippen LogP contribution is -2.07. The van der Waals surface area contributed by atoms with Crippen molar-refractivity contribution in [3.05, 3.63) is 46.9 Å². The number of anilines is 1. The van der Waals surface area contributed by atoms with Gasteiger partial charge in [-0.2, -0.15) is 5.10 Å². The number of carbonyl (C=O) groups is 1. The topological polar surface area (TPSA) is 70.1 Å². The standard InChI is InChI=1S/C15H16FN3O2/c1-3-12-13(15(20)21-2)14(17)19(18-12)9-8-10-4-6-11(16)7-5-10/h4-9H,3,17H2,1-2H3. The largest absolute Gasteiger partial charge is 0.465 e. The monoisotopic (exact) mass is 289 g/mol. The molecule has 2 N–H and O–H groups in total. The minimum Gasteiger partial charge on any atom is -0.465 e. The summed E-state index contributed by atoms with van der Waals surface area (Å²) in [5, 5.41) is 4.26. The van der Waals surface area contributed by atoms with Gasteiger partial charge < -0.3 is 10.5 Å². The van der Waals surface area contributed by atoms with Crippen LogP contribution >= 0.6 is 0 Å². The Labute approximate surface area is 121 Å². The quantitative estimate of drug-likeness (QED) is 0.878. The second kappa shape index (κ2) is 6.21. The van der Waals surface area contributed by atoms with E-state index in [9.17, 15) is 9.18 Å². The molecule has 0 aliphatic heterocycles. The number of aromatic nitrogens is 2. The number of methoxy groups -OCH3 is 1. The molecule has 0 fully saturated rings. The third-order valence-electron chi connectivity index (χ3n) is 3.02. The molecule has 1 heterocycles. The number of ether oxygens (including phenoxy) is 1. The van der Waals surface area contributed by atoms with Crippen LogP contribution in [0.25, 0.3) is 12.3 Å². The highest BCUT2D eigenvalue weighted by molar-refractivity contribution is 5.96. The van der Waals surface area contributed by atoms with Gasteiger partial charge in [0.15, 0.2) is 0 Å². The molecule has 0 aliphatic carbocycles. The van der Waals surface area contributed by atoms with Gasteiger partial charge in [-0.05, 0) is 30.2 Å². The van der Waals surface area contributed by atoms with Crippen molar-refractivity contribution < 1.29 is 13.9 Å². The predicted molar refractivity (Wildman–Crippen MR) is 79.0 cm³/mol. The average molecular weight is 289 g/mol. The molecule has 21 heavy (non-hydrogen) atoms. The number of benzene rings is 1. The maximum Gasteiger partial charge on any atom is 0.343 e. The minimum absolute atomic E-state index is 0.220. The number of rotatable bonds is 4. The number of carbonyl (C=O) groups excluding carboxylic acids is 1. The SMILES string of the molecule is CCc1nn(C=Cc2ccc(F)cc2)c(N)c1C(=O)OC. The highest BCUT2D eigenvalue weighted by Gasteiger charge is 2.20. The van der Waals surface area contributed by atoms with Crippen LogP contribution in [-0.4, -0.2) is 22.9 Å². The number of nitrogen functional groups attached to an aromatic ring is 1.